The number of rotatable bonds is 7. The maximum Gasteiger partial charge on any atom is 0.251 e. The summed E-state index contributed by atoms with van der Waals surface area (Å²) in [5.41, 5.74) is 2.23. The molecule has 0 fully saturated rings. The zero-order valence-electron chi connectivity index (χ0n) is 16.1. The molecule has 0 saturated carbocycles. The van der Waals surface area contributed by atoms with Gasteiger partial charge in [0.25, 0.3) is 5.91 Å². The normalized spacial score (nSPS) is 12.0. The van der Waals surface area contributed by atoms with Crippen molar-refractivity contribution >= 4 is 23.2 Å². The Morgan fingerprint density at radius 2 is 1.93 bits per heavy atom. The zero-order chi connectivity index (χ0) is 20.1. The van der Waals surface area contributed by atoms with Crippen LogP contribution in [0.2, 0.25) is 0 Å². The Bertz CT molecular complexity index is 930. The highest BCUT2D eigenvalue weighted by Crippen LogP contribution is 2.23. The number of nitrogens with one attached hydrogen (secondary N) is 2. The molecule has 0 radical (unpaired) electrons. The molecule has 0 bridgehead atoms. The molecule has 0 spiro atoms. The van der Waals surface area contributed by atoms with E-state index in [0.29, 0.717) is 17.1 Å². The summed E-state index contributed by atoms with van der Waals surface area (Å²) >= 11 is 1.54. The van der Waals surface area contributed by atoms with E-state index in [4.69, 9.17) is 4.42 Å². The quantitative estimate of drug-likeness (QED) is 0.635. The third kappa shape index (κ3) is 4.86. The fraction of sp³-hybridized carbons (Fsp3) is 0.286. The summed E-state index contributed by atoms with van der Waals surface area (Å²) in [7, 11) is 0. The molecule has 2 N–H and O–H groups in total. The lowest BCUT2D eigenvalue weighted by atomic mass is 10.0. The van der Waals surface area contributed by atoms with Crippen LogP contribution in [0.1, 0.15) is 35.5 Å². The molecular weight excluding hydrogens is 374 g/mol. The lowest BCUT2D eigenvalue weighted by Gasteiger charge is -2.21. The van der Waals surface area contributed by atoms with Crippen molar-refractivity contribution in [2.75, 3.05) is 0 Å². The molecule has 0 saturated heterocycles. The Morgan fingerprint density at radius 3 is 2.57 bits per heavy atom. The van der Waals surface area contributed by atoms with Crippen molar-refractivity contribution in [2.45, 2.75) is 33.4 Å². The van der Waals surface area contributed by atoms with Gasteiger partial charge in [-0.25, -0.2) is 4.98 Å². The number of carbonyl (C=O) groups is 2. The molecule has 7 heteroatoms. The Hall–Kier alpha value is -2.93. The summed E-state index contributed by atoms with van der Waals surface area (Å²) in [6, 6.07) is 10.5. The number of hydrogen-bond donors (Lipinski definition) is 2. The van der Waals surface area contributed by atoms with Crippen LogP contribution >= 0.6 is 11.3 Å². The van der Waals surface area contributed by atoms with Crippen LogP contribution in [-0.2, 0) is 11.3 Å². The number of aromatic nitrogens is 1. The molecule has 0 unspecified atom stereocenters. The predicted octanol–water partition coefficient (Wildman–Crippen LogP) is 3.78. The molecule has 6 nitrogen and oxygen atoms in total. The van der Waals surface area contributed by atoms with Gasteiger partial charge in [0.1, 0.15) is 12.3 Å². The second-order valence-electron chi connectivity index (χ2n) is 6.90. The van der Waals surface area contributed by atoms with Crippen molar-refractivity contribution in [3.8, 4) is 10.8 Å². The third-order valence-electron chi connectivity index (χ3n) is 4.28. The van der Waals surface area contributed by atoms with Crippen molar-refractivity contribution in [3.63, 3.8) is 0 Å². The van der Waals surface area contributed by atoms with E-state index in [-0.39, 0.29) is 24.3 Å². The van der Waals surface area contributed by atoms with Gasteiger partial charge in [-0.2, -0.15) is 0 Å². The van der Waals surface area contributed by atoms with Crippen LogP contribution < -0.4 is 10.6 Å². The molecule has 1 aromatic carbocycles. The fourth-order valence-corrected chi connectivity index (χ4v) is 3.31. The minimum atomic E-state index is -0.641. The van der Waals surface area contributed by atoms with Crippen molar-refractivity contribution in [1.82, 2.24) is 15.6 Å². The summed E-state index contributed by atoms with van der Waals surface area (Å²) in [6.45, 7) is 5.98. The molecule has 0 aliphatic carbocycles. The molecule has 2 aromatic heterocycles. The molecular formula is C21H23N3O3S. The first-order chi connectivity index (χ1) is 13.4. The number of nitrogens with zero attached hydrogens (tertiary/aromatic N) is 1. The average Bonchev–Trinajstić information content (AvgIpc) is 3.35. The topological polar surface area (TPSA) is 84.2 Å². The number of thiophene rings is 1. The number of hydrogen-bond acceptors (Lipinski definition) is 5. The molecule has 28 heavy (non-hydrogen) atoms. The van der Waals surface area contributed by atoms with Gasteiger partial charge in [0.15, 0.2) is 0 Å². The van der Waals surface area contributed by atoms with Crippen molar-refractivity contribution < 1.29 is 14.0 Å². The van der Waals surface area contributed by atoms with Crippen LogP contribution in [0.15, 0.2) is 52.5 Å². The minimum Gasteiger partial charge on any atom is -0.443 e. The van der Waals surface area contributed by atoms with E-state index in [1.807, 2.05) is 50.4 Å². The Kier molecular flexibility index (Phi) is 6.26. The summed E-state index contributed by atoms with van der Waals surface area (Å²) in [4.78, 5) is 30.4. The first-order valence-corrected chi connectivity index (χ1v) is 9.95. The highest BCUT2D eigenvalue weighted by Gasteiger charge is 2.24. The van der Waals surface area contributed by atoms with E-state index in [0.717, 1.165) is 10.4 Å². The predicted molar refractivity (Wildman–Crippen MR) is 109 cm³/mol. The highest BCUT2D eigenvalue weighted by atomic mass is 32.1. The van der Waals surface area contributed by atoms with E-state index in [1.165, 1.54) is 17.6 Å². The van der Waals surface area contributed by atoms with Gasteiger partial charge in [-0.15, -0.1) is 11.3 Å². The van der Waals surface area contributed by atoms with Crippen LogP contribution in [0.4, 0.5) is 0 Å². The monoisotopic (exact) mass is 397 g/mol. The average molecular weight is 398 g/mol. The van der Waals surface area contributed by atoms with E-state index >= 15 is 0 Å². The van der Waals surface area contributed by atoms with Gasteiger partial charge in [0.05, 0.1) is 17.1 Å². The lowest BCUT2D eigenvalue weighted by molar-refractivity contribution is -0.124. The number of carbonyl (C=O) groups excluding carboxylic acids is 2. The molecule has 3 aromatic rings. The number of amides is 2. The summed E-state index contributed by atoms with van der Waals surface area (Å²) in [5.74, 6) is -0.0490. The number of oxazole rings is 1. The molecule has 2 amide bonds. The van der Waals surface area contributed by atoms with E-state index < -0.39 is 6.04 Å². The summed E-state index contributed by atoms with van der Waals surface area (Å²) < 4.78 is 5.46. The molecule has 0 aliphatic rings. The van der Waals surface area contributed by atoms with Crippen LogP contribution in [0.3, 0.4) is 0 Å². The number of benzene rings is 1. The van der Waals surface area contributed by atoms with Gasteiger partial charge in [0.2, 0.25) is 11.8 Å². The highest BCUT2D eigenvalue weighted by molar-refractivity contribution is 7.13. The van der Waals surface area contributed by atoms with Gasteiger partial charge >= 0.3 is 0 Å². The standard InChI is InChI=1S/C21H23N3O3S/c1-13(2)18(24-19(25)15-8-6-14(3)7-9-15)20(26)22-11-16-12-27-21(23-16)17-5-4-10-28-17/h4-10,12-13,18H,11H2,1-3H3,(H,22,26)(H,24,25)/t18-/m0/s1. The SMILES string of the molecule is Cc1ccc(C(=O)N[C@H](C(=O)NCc2coc(-c3cccs3)n2)C(C)C)cc1. The van der Waals surface area contributed by atoms with Gasteiger partial charge in [-0.05, 0) is 36.4 Å². The molecule has 146 valence electrons. The zero-order valence-corrected chi connectivity index (χ0v) is 16.9. The molecule has 1 atom stereocenters. The summed E-state index contributed by atoms with van der Waals surface area (Å²) in [6.07, 6.45) is 1.53. The Labute approximate surface area is 168 Å². The van der Waals surface area contributed by atoms with Crippen molar-refractivity contribution in [2.24, 2.45) is 5.92 Å². The maximum atomic E-state index is 12.6. The molecule has 3 rings (SSSR count). The van der Waals surface area contributed by atoms with Crippen LogP contribution in [0, 0.1) is 12.8 Å². The van der Waals surface area contributed by atoms with Crippen LogP contribution in [0.25, 0.3) is 10.8 Å². The van der Waals surface area contributed by atoms with Gasteiger partial charge in [-0.3, -0.25) is 9.59 Å². The van der Waals surface area contributed by atoms with E-state index in [2.05, 4.69) is 15.6 Å². The van der Waals surface area contributed by atoms with Gasteiger partial charge < -0.3 is 15.1 Å². The lowest BCUT2D eigenvalue weighted by Crippen LogP contribution is -2.49. The van der Waals surface area contributed by atoms with E-state index in [1.54, 1.807) is 12.1 Å². The maximum absolute atomic E-state index is 12.6. The number of aryl methyl sites for hydroxylation is 1. The Morgan fingerprint density at radius 1 is 1.18 bits per heavy atom. The molecule has 0 aliphatic heterocycles. The fourth-order valence-electron chi connectivity index (χ4n) is 2.65. The van der Waals surface area contributed by atoms with Gasteiger partial charge in [-0.1, -0.05) is 37.6 Å². The second kappa shape index (κ2) is 8.84. The van der Waals surface area contributed by atoms with Crippen molar-refractivity contribution in [3.05, 3.63) is 64.9 Å². The van der Waals surface area contributed by atoms with Gasteiger partial charge in [0, 0.05) is 5.56 Å². The first-order valence-electron chi connectivity index (χ1n) is 9.07. The smallest absolute Gasteiger partial charge is 0.251 e. The van der Waals surface area contributed by atoms with Crippen molar-refractivity contribution in [1.29, 1.82) is 0 Å². The van der Waals surface area contributed by atoms with E-state index in [9.17, 15) is 9.59 Å². The minimum absolute atomic E-state index is 0.0617. The van der Waals surface area contributed by atoms with Crippen LogP contribution in [0.5, 0.6) is 0 Å². The summed E-state index contributed by atoms with van der Waals surface area (Å²) in [5, 5.41) is 7.60. The second-order valence-corrected chi connectivity index (χ2v) is 7.85. The first kappa shape index (κ1) is 19.8. The largest absolute Gasteiger partial charge is 0.443 e. The van der Waals surface area contributed by atoms with Crippen LogP contribution in [-0.4, -0.2) is 22.8 Å². The third-order valence-corrected chi connectivity index (χ3v) is 5.13. The molecule has 2 heterocycles. The Balaban J connectivity index is 1.60.